The minimum atomic E-state index is -0.134. The highest BCUT2D eigenvalue weighted by atomic mass is 35.5. The fraction of sp³-hybridized carbons (Fsp3) is 0.696. The Morgan fingerprint density at radius 3 is 2.38 bits per heavy atom. The zero-order valence-electron chi connectivity index (χ0n) is 18.1. The molecule has 5 nitrogen and oxygen atoms in total. The van der Waals surface area contributed by atoms with Crippen LogP contribution in [0, 0.1) is 11.8 Å². The quantitative estimate of drug-likeness (QED) is 0.373. The van der Waals surface area contributed by atoms with E-state index in [4.69, 9.17) is 15.2 Å². The minimum absolute atomic E-state index is 0. The fourth-order valence-electron chi connectivity index (χ4n) is 3.69. The van der Waals surface area contributed by atoms with Crippen molar-refractivity contribution in [2.24, 2.45) is 17.6 Å². The van der Waals surface area contributed by atoms with Crippen LogP contribution in [0.1, 0.15) is 57.9 Å². The molecule has 1 heterocycles. The van der Waals surface area contributed by atoms with Crippen molar-refractivity contribution in [2.45, 2.75) is 58.9 Å². The third kappa shape index (κ3) is 10.9. The van der Waals surface area contributed by atoms with Crippen LogP contribution in [0.15, 0.2) is 24.3 Å². The number of carbonyl (C=O) groups is 1. The van der Waals surface area contributed by atoms with E-state index in [1.807, 2.05) is 12.1 Å². The zero-order valence-corrected chi connectivity index (χ0v) is 18.9. The molecule has 0 aliphatic carbocycles. The molecule has 166 valence electrons. The molecule has 0 spiro atoms. The SMILES string of the molecule is CC(C)CC(CN)CC(=O)OCCCCOc1ccc(CN2CCCC2)cc1.Cl. The molecular formula is C23H39ClN2O3. The number of nitrogens with two attached hydrogens (primary N) is 1. The van der Waals surface area contributed by atoms with Gasteiger partial charge >= 0.3 is 5.97 Å². The Morgan fingerprint density at radius 2 is 1.76 bits per heavy atom. The van der Waals surface area contributed by atoms with E-state index in [-0.39, 0.29) is 24.3 Å². The molecule has 1 aromatic rings. The van der Waals surface area contributed by atoms with Crippen LogP contribution >= 0.6 is 12.4 Å². The number of unbranched alkanes of at least 4 members (excludes halogenated alkanes) is 1. The molecule has 1 aromatic carbocycles. The number of hydrogen-bond donors (Lipinski definition) is 1. The van der Waals surface area contributed by atoms with Crippen LogP contribution < -0.4 is 10.5 Å². The average Bonchev–Trinajstić information content (AvgIpc) is 3.18. The highest BCUT2D eigenvalue weighted by Crippen LogP contribution is 2.17. The molecule has 1 unspecified atom stereocenters. The van der Waals surface area contributed by atoms with Gasteiger partial charge in [-0.05, 0) is 81.3 Å². The summed E-state index contributed by atoms with van der Waals surface area (Å²) < 4.78 is 11.1. The summed E-state index contributed by atoms with van der Waals surface area (Å²) in [5, 5.41) is 0. The van der Waals surface area contributed by atoms with Crippen LogP contribution in [0.3, 0.4) is 0 Å². The normalized spacial score (nSPS) is 15.2. The van der Waals surface area contributed by atoms with Crippen LogP contribution in [-0.4, -0.2) is 43.7 Å². The monoisotopic (exact) mass is 426 g/mol. The van der Waals surface area contributed by atoms with Gasteiger partial charge in [0.2, 0.25) is 0 Å². The Balaban J connectivity index is 0.00000420. The first-order chi connectivity index (χ1) is 13.6. The Morgan fingerprint density at radius 1 is 1.10 bits per heavy atom. The predicted octanol–water partition coefficient (Wildman–Crippen LogP) is 4.42. The topological polar surface area (TPSA) is 64.8 Å². The molecule has 1 fully saturated rings. The second-order valence-corrected chi connectivity index (χ2v) is 8.34. The van der Waals surface area contributed by atoms with Gasteiger partial charge in [-0.25, -0.2) is 0 Å². The summed E-state index contributed by atoms with van der Waals surface area (Å²) in [6.07, 6.45) is 5.72. The first-order valence-electron chi connectivity index (χ1n) is 10.9. The first-order valence-corrected chi connectivity index (χ1v) is 10.9. The maximum Gasteiger partial charge on any atom is 0.306 e. The van der Waals surface area contributed by atoms with E-state index in [0.29, 0.717) is 32.1 Å². The van der Waals surface area contributed by atoms with Crippen molar-refractivity contribution in [1.29, 1.82) is 0 Å². The summed E-state index contributed by atoms with van der Waals surface area (Å²) >= 11 is 0. The fourth-order valence-corrected chi connectivity index (χ4v) is 3.69. The van der Waals surface area contributed by atoms with Crippen molar-refractivity contribution in [1.82, 2.24) is 4.90 Å². The van der Waals surface area contributed by atoms with Crippen molar-refractivity contribution in [3.63, 3.8) is 0 Å². The minimum Gasteiger partial charge on any atom is -0.494 e. The summed E-state index contributed by atoms with van der Waals surface area (Å²) in [5.74, 6) is 1.55. The van der Waals surface area contributed by atoms with E-state index in [2.05, 4.69) is 30.9 Å². The molecule has 2 N–H and O–H groups in total. The van der Waals surface area contributed by atoms with Crippen molar-refractivity contribution in [3.05, 3.63) is 29.8 Å². The van der Waals surface area contributed by atoms with Gasteiger partial charge in [-0.3, -0.25) is 9.69 Å². The predicted molar refractivity (Wildman–Crippen MR) is 121 cm³/mol. The Kier molecular flexibility index (Phi) is 13.0. The maximum absolute atomic E-state index is 11.9. The Labute approximate surface area is 182 Å². The first kappa shape index (κ1) is 25.7. The van der Waals surface area contributed by atoms with Gasteiger partial charge in [0, 0.05) is 13.0 Å². The van der Waals surface area contributed by atoms with Gasteiger partial charge in [-0.15, -0.1) is 12.4 Å². The van der Waals surface area contributed by atoms with E-state index in [1.54, 1.807) is 0 Å². The lowest BCUT2D eigenvalue weighted by Crippen LogP contribution is -2.21. The number of benzene rings is 1. The maximum atomic E-state index is 11.9. The molecule has 0 saturated carbocycles. The summed E-state index contributed by atoms with van der Waals surface area (Å²) in [7, 11) is 0. The van der Waals surface area contributed by atoms with Gasteiger partial charge in [0.15, 0.2) is 0 Å². The zero-order chi connectivity index (χ0) is 20.2. The number of nitrogens with zero attached hydrogens (tertiary/aromatic N) is 1. The molecule has 0 aromatic heterocycles. The molecular weight excluding hydrogens is 388 g/mol. The lowest BCUT2D eigenvalue weighted by Gasteiger charge is -2.16. The largest absolute Gasteiger partial charge is 0.494 e. The van der Waals surface area contributed by atoms with Gasteiger partial charge in [-0.1, -0.05) is 26.0 Å². The van der Waals surface area contributed by atoms with Crippen molar-refractivity contribution in [2.75, 3.05) is 32.8 Å². The van der Waals surface area contributed by atoms with Crippen molar-refractivity contribution >= 4 is 18.4 Å². The van der Waals surface area contributed by atoms with E-state index >= 15 is 0 Å². The second-order valence-electron chi connectivity index (χ2n) is 8.34. The molecule has 1 atom stereocenters. The highest BCUT2D eigenvalue weighted by Gasteiger charge is 2.15. The van der Waals surface area contributed by atoms with E-state index in [9.17, 15) is 4.79 Å². The van der Waals surface area contributed by atoms with Crippen molar-refractivity contribution < 1.29 is 14.3 Å². The molecule has 1 aliphatic heterocycles. The van der Waals surface area contributed by atoms with Crippen LogP contribution in [0.25, 0.3) is 0 Å². The molecule has 0 amide bonds. The Hall–Kier alpha value is -1.30. The number of carbonyl (C=O) groups excluding carboxylic acids is 1. The molecule has 1 saturated heterocycles. The standard InChI is InChI=1S/C23H38N2O3.ClH/c1-19(2)15-21(17-24)16-23(26)28-14-6-5-13-27-22-9-7-20(8-10-22)18-25-11-3-4-12-25;/h7-10,19,21H,3-6,11-18,24H2,1-2H3;1H. The lowest BCUT2D eigenvalue weighted by molar-refractivity contribution is -0.145. The van der Waals surface area contributed by atoms with E-state index < -0.39 is 0 Å². The highest BCUT2D eigenvalue weighted by molar-refractivity contribution is 5.85. The van der Waals surface area contributed by atoms with Crippen LogP contribution in [0.4, 0.5) is 0 Å². The number of rotatable bonds is 13. The summed E-state index contributed by atoms with van der Waals surface area (Å²) in [4.78, 5) is 14.4. The average molecular weight is 427 g/mol. The van der Waals surface area contributed by atoms with Gasteiger partial charge in [0.05, 0.1) is 13.2 Å². The third-order valence-electron chi connectivity index (χ3n) is 5.19. The number of esters is 1. The smallest absolute Gasteiger partial charge is 0.306 e. The van der Waals surface area contributed by atoms with Crippen LogP contribution in [0.5, 0.6) is 5.75 Å². The summed E-state index contributed by atoms with van der Waals surface area (Å²) in [5.41, 5.74) is 7.08. The van der Waals surface area contributed by atoms with Gasteiger partial charge in [0.25, 0.3) is 0 Å². The number of likely N-dealkylation sites (tertiary alicyclic amines) is 1. The lowest BCUT2D eigenvalue weighted by atomic mass is 9.94. The van der Waals surface area contributed by atoms with Gasteiger partial charge in [-0.2, -0.15) is 0 Å². The summed E-state index contributed by atoms with van der Waals surface area (Å²) in [6, 6.07) is 8.40. The molecule has 0 bridgehead atoms. The van der Waals surface area contributed by atoms with E-state index in [1.165, 1.54) is 31.5 Å². The molecule has 6 heteroatoms. The molecule has 1 aliphatic rings. The molecule has 0 radical (unpaired) electrons. The second kappa shape index (κ2) is 14.6. The van der Waals surface area contributed by atoms with E-state index in [0.717, 1.165) is 31.6 Å². The van der Waals surface area contributed by atoms with Crippen LogP contribution in [-0.2, 0) is 16.1 Å². The molecule has 29 heavy (non-hydrogen) atoms. The van der Waals surface area contributed by atoms with Gasteiger partial charge < -0.3 is 15.2 Å². The Bertz CT molecular complexity index is 560. The molecule has 2 rings (SSSR count). The number of halogens is 1. The summed E-state index contributed by atoms with van der Waals surface area (Å²) in [6.45, 7) is 9.40. The number of ether oxygens (including phenoxy) is 2. The number of hydrogen-bond acceptors (Lipinski definition) is 5. The van der Waals surface area contributed by atoms with Crippen molar-refractivity contribution in [3.8, 4) is 5.75 Å². The van der Waals surface area contributed by atoms with Gasteiger partial charge in [0.1, 0.15) is 5.75 Å². The van der Waals surface area contributed by atoms with Crippen LogP contribution in [0.2, 0.25) is 0 Å². The third-order valence-corrected chi connectivity index (χ3v) is 5.19.